The first-order valence-corrected chi connectivity index (χ1v) is 11.8. The number of hydrogen-bond acceptors (Lipinski definition) is 5. The molecule has 2 aromatic heterocycles. The highest BCUT2D eigenvalue weighted by atomic mass is 32.2. The maximum absolute atomic E-state index is 13.5. The maximum Gasteiger partial charge on any atom is 0.215 e. The van der Waals surface area contributed by atoms with E-state index in [1.54, 1.807) is 18.6 Å². The van der Waals surface area contributed by atoms with Crippen molar-refractivity contribution >= 4 is 27.1 Å². The molecule has 2 atom stereocenters. The van der Waals surface area contributed by atoms with E-state index < -0.39 is 15.4 Å². The number of fused-ring (bicyclic) bond motifs is 2. The average Bonchev–Trinajstić information content (AvgIpc) is 3.35. The van der Waals surface area contributed by atoms with E-state index in [9.17, 15) is 13.2 Å². The normalized spacial score (nSPS) is 26.9. The molecule has 146 valence electrons. The van der Waals surface area contributed by atoms with Crippen molar-refractivity contribution < 1.29 is 17.6 Å². The van der Waals surface area contributed by atoms with Gasteiger partial charge in [-0.05, 0) is 41.7 Å². The van der Waals surface area contributed by atoms with Gasteiger partial charge in [0.25, 0.3) is 0 Å². The molecular formula is C20H25NO4S2. The zero-order valence-electron chi connectivity index (χ0n) is 15.7. The average molecular weight is 408 g/mol. The zero-order chi connectivity index (χ0) is 19.3. The number of carbonyl (C=O) groups is 1. The Kier molecular flexibility index (Phi) is 4.60. The van der Waals surface area contributed by atoms with Gasteiger partial charge in [-0.3, -0.25) is 4.79 Å². The number of furan rings is 1. The van der Waals surface area contributed by atoms with Gasteiger partial charge >= 0.3 is 0 Å². The summed E-state index contributed by atoms with van der Waals surface area (Å²) in [5, 5.41) is 1.95. The van der Waals surface area contributed by atoms with Crippen LogP contribution in [0.3, 0.4) is 0 Å². The van der Waals surface area contributed by atoms with E-state index >= 15 is 0 Å². The zero-order valence-corrected chi connectivity index (χ0v) is 17.3. The Morgan fingerprint density at radius 1 is 1.30 bits per heavy atom. The molecule has 0 N–H and O–H groups in total. The third-order valence-corrected chi connectivity index (χ3v) is 9.58. The molecule has 0 spiro atoms. The van der Waals surface area contributed by atoms with Crippen LogP contribution in [-0.2, 0) is 27.9 Å². The van der Waals surface area contributed by atoms with Crippen LogP contribution in [0.25, 0.3) is 0 Å². The van der Waals surface area contributed by atoms with Crippen molar-refractivity contribution in [3.8, 4) is 0 Å². The molecule has 2 aromatic rings. The molecule has 27 heavy (non-hydrogen) atoms. The number of sulfonamides is 1. The first kappa shape index (κ1) is 18.9. The fourth-order valence-corrected chi connectivity index (χ4v) is 7.89. The Balaban J connectivity index is 1.65. The van der Waals surface area contributed by atoms with Crippen LogP contribution in [-0.4, -0.2) is 24.3 Å². The van der Waals surface area contributed by atoms with Gasteiger partial charge in [0.2, 0.25) is 10.0 Å². The Morgan fingerprint density at radius 3 is 2.67 bits per heavy atom. The number of nitrogens with zero attached hydrogens (tertiary/aromatic N) is 1. The van der Waals surface area contributed by atoms with Crippen LogP contribution in [0.2, 0.25) is 0 Å². The van der Waals surface area contributed by atoms with E-state index in [0.717, 1.165) is 16.9 Å². The molecule has 5 nitrogen and oxygen atoms in total. The van der Waals surface area contributed by atoms with Crippen molar-refractivity contribution in [2.45, 2.75) is 46.2 Å². The molecule has 2 heterocycles. The van der Waals surface area contributed by atoms with Gasteiger partial charge in [-0.2, -0.15) is 4.31 Å². The van der Waals surface area contributed by atoms with Gasteiger partial charge in [0.1, 0.15) is 5.78 Å². The molecule has 0 amide bonds. The molecular weight excluding hydrogens is 382 g/mol. The number of Topliss-reactive ketones (excluding diaryl/α,β-unsaturated/α-hetero) is 1. The second-order valence-corrected chi connectivity index (χ2v) is 11.4. The van der Waals surface area contributed by atoms with Gasteiger partial charge in [-0.25, -0.2) is 8.42 Å². The van der Waals surface area contributed by atoms with E-state index in [2.05, 4.69) is 13.8 Å². The van der Waals surface area contributed by atoms with E-state index in [4.69, 9.17) is 4.42 Å². The smallest absolute Gasteiger partial charge is 0.215 e. The molecule has 2 unspecified atom stereocenters. The van der Waals surface area contributed by atoms with Gasteiger partial charge in [0.15, 0.2) is 0 Å². The lowest BCUT2D eigenvalue weighted by molar-refractivity contribution is -0.128. The number of thiophene rings is 1. The van der Waals surface area contributed by atoms with E-state index in [-0.39, 0.29) is 23.5 Å². The summed E-state index contributed by atoms with van der Waals surface area (Å²) >= 11 is 1.54. The summed E-state index contributed by atoms with van der Waals surface area (Å²) in [6.45, 7) is 4.72. The third kappa shape index (κ3) is 3.09. The number of carbonyl (C=O) groups excluding carboxylic acids is 1. The summed E-state index contributed by atoms with van der Waals surface area (Å²) in [5.74, 6) is 0.345. The van der Waals surface area contributed by atoms with Crippen LogP contribution in [0.5, 0.6) is 0 Å². The van der Waals surface area contributed by atoms with E-state index in [0.29, 0.717) is 25.3 Å². The highest BCUT2D eigenvalue weighted by molar-refractivity contribution is 7.89. The number of rotatable bonds is 7. The van der Waals surface area contributed by atoms with Gasteiger partial charge < -0.3 is 4.42 Å². The summed E-state index contributed by atoms with van der Waals surface area (Å²) in [7, 11) is -3.63. The molecule has 2 bridgehead atoms. The molecule has 0 radical (unpaired) electrons. The van der Waals surface area contributed by atoms with Crippen molar-refractivity contribution in [3.05, 3.63) is 46.5 Å². The highest BCUT2D eigenvalue weighted by Crippen LogP contribution is 2.64. The lowest BCUT2D eigenvalue weighted by atomic mass is 9.70. The standard InChI is InChI=1S/C20H25NO4S2/c1-19(2)16-5-7-20(19,18(22)10-16)14-27(23,24)21(11-15-6-8-25-13-15)12-17-4-3-9-26-17/h3-4,6,8-9,13,16H,5,7,10-12,14H2,1-2H3. The largest absolute Gasteiger partial charge is 0.472 e. The molecule has 0 aromatic carbocycles. The van der Waals surface area contributed by atoms with Crippen LogP contribution in [0, 0.1) is 16.7 Å². The molecule has 2 saturated carbocycles. The Morgan fingerprint density at radius 2 is 2.11 bits per heavy atom. The van der Waals surface area contributed by atoms with Gasteiger partial charge in [0, 0.05) is 35.4 Å². The Labute approximate surface area is 164 Å². The van der Waals surface area contributed by atoms with E-state index in [1.807, 2.05) is 17.5 Å². The summed E-state index contributed by atoms with van der Waals surface area (Å²) in [5.41, 5.74) is -0.198. The van der Waals surface area contributed by atoms with E-state index in [1.165, 1.54) is 15.6 Å². The molecule has 4 rings (SSSR count). The predicted octanol–water partition coefficient (Wildman–Crippen LogP) is 4.07. The maximum atomic E-state index is 13.5. The second kappa shape index (κ2) is 6.57. The van der Waals surface area contributed by atoms with Crippen LogP contribution < -0.4 is 0 Å². The molecule has 2 aliphatic rings. The van der Waals surface area contributed by atoms with Gasteiger partial charge in [-0.15, -0.1) is 11.3 Å². The summed E-state index contributed by atoms with van der Waals surface area (Å²) in [6.07, 6.45) is 5.28. The quantitative estimate of drug-likeness (QED) is 0.694. The lowest BCUT2D eigenvalue weighted by Gasteiger charge is -2.37. The van der Waals surface area contributed by atoms with Crippen molar-refractivity contribution in [1.82, 2.24) is 4.31 Å². The first-order valence-electron chi connectivity index (χ1n) is 9.29. The predicted molar refractivity (Wildman–Crippen MR) is 105 cm³/mol. The molecule has 2 aliphatic carbocycles. The van der Waals surface area contributed by atoms with Crippen LogP contribution in [0.1, 0.15) is 43.6 Å². The molecule has 0 saturated heterocycles. The van der Waals surface area contributed by atoms with Gasteiger partial charge in [0.05, 0.1) is 18.3 Å². The van der Waals surface area contributed by atoms with Crippen LogP contribution in [0.4, 0.5) is 0 Å². The summed E-state index contributed by atoms with van der Waals surface area (Å²) in [6, 6.07) is 5.65. The monoisotopic (exact) mass is 407 g/mol. The SMILES string of the molecule is CC1(C)C2CCC1(CS(=O)(=O)N(Cc1ccoc1)Cc1cccs1)C(=O)C2. The highest BCUT2D eigenvalue weighted by Gasteiger charge is 2.65. The van der Waals surface area contributed by atoms with Crippen molar-refractivity contribution in [2.24, 2.45) is 16.7 Å². The Hall–Kier alpha value is -1.44. The summed E-state index contributed by atoms with van der Waals surface area (Å²) in [4.78, 5) is 13.8. The Bertz CT molecular complexity index is 879. The molecule has 2 fully saturated rings. The number of ketones is 1. The first-order chi connectivity index (χ1) is 12.7. The minimum Gasteiger partial charge on any atom is -0.472 e. The van der Waals surface area contributed by atoms with Gasteiger partial charge in [-0.1, -0.05) is 19.9 Å². The molecule has 7 heteroatoms. The fourth-order valence-electron chi connectivity index (χ4n) is 4.93. The van der Waals surface area contributed by atoms with Crippen molar-refractivity contribution in [3.63, 3.8) is 0 Å². The third-order valence-electron chi connectivity index (χ3n) is 6.81. The second-order valence-electron chi connectivity index (χ2n) is 8.40. The lowest BCUT2D eigenvalue weighted by Crippen LogP contribution is -2.46. The topological polar surface area (TPSA) is 67.6 Å². The minimum atomic E-state index is -3.63. The minimum absolute atomic E-state index is 0.0917. The van der Waals surface area contributed by atoms with Crippen molar-refractivity contribution in [2.75, 3.05) is 5.75 Å². The summed E-state index contributed by atoms with van der Waals surface area (Å²) < 4.78 is 33.6. The fraction of sp³-hybridized carbons (Fsp3) is 0.550. The van der Waals surface area contributed by atoms with Crippen molar-refractivity contribution in [1.29, 1.82) is 0 Å². The molecule has 0 aliphatic heterocycles. The number of hydrogen-bond donors (Lipinski definition) is 0. The van der Waals surface area contributed by atoms with Crippen LogP contribution >= 0.6 is 11.3 Å². The van der Waals surface area contributed by atoms with Crippen LogP contribution in [0.15, 0.2) is 40.5 Å².